The van der Waals surface area contributed by atoms with Crippen LogP contribution in [0, 0.1) is 0 Å². The van der Waals surface area contributed by atoms with Crippen molar-refractivity contribution in [1.82, 2.24) is 15.0 Å². The molecule has 0 radical (unpaired) electrons. The Morgan fingerprint density at radius 3 is 2.65 bits per heavy atom. The summed E-state index contributed by atoms with van der Waals surface area (Å²) in [6.45, 7) is 0.489. The molecule has 0 atom stereocenters. The second-order valence-electron chi connectivity index (χ2n) is 5.44. The van der Waals surface area contributed by atoms with Crippen LogP contribution >= 0.6 is 11.3 Å². The van der Waals surface area contributed by atoms with Crippen molar-refractivity contribution in [3.63, 3.8) is 0 Å². The zero-order valence-corrected chi connectivity index (χ0v) is 15.4. The third-order valence-electron chi connectivity index (χ3n) is 3.58. The minimum Gasteiger partial charge on any atom is -0.346 e. The van der Waals surface area contributed by atoms with E-state index in [4.69, 9.17) is 0 Å². The molecule has 3 rings (SSSR count). The molecule has 1 amide bonds. The molecule has 0 fully saturated rings. The molecule has 2 heterocycles. The third-order valence-corrected chi connectivity index (χ3v) is 5.85. The zero-order valence-electron chi connectivity index (χ0n) is 13.8. The summed E-state index contributed by atoms with van der Waals surface area (Å²) in [5.41, 5.74) is 1.00. The number of rotatable bonds is 7. The van der Waals surface area contributed by atoms with Crippen molar-refractivity contribution in [2.24, 2.45) is 0 Å². The maximum absolute atomic E-state index is 12.4. The highest BCUT2D eigenvalue weighted by Gasteiger charge is 2.16. The lowest BCUT2D eigenvalue weighted by Crippen LogP contribution is -2.25. The van der Waals surface area contributed by atoms with E-state index in [1.807, 2.05) is 23.6 Å². The van der Waals surface area contributed by atoms with Gasteiger partial charge in [0, 0.05) is 23.2 Å². The number of benzene rings is 1. The van der Waals surface area contributed by atoms with Crippen LogP contribution in [0.15, 0.2) is 71.1 Å². The molecule has 0 aliphatic heterocycles. The minimum absolute atomic E-state index is 0.0551. The van der Waals surface area contributed by atoms with Crippen molar-refractivity contribution < 1.29 is 13.2 Å². The first-order valence-corrected chi connectivity index (χ1v) is 10.2. The summed E-state index contributed by atoms with van der Waals surface area (Å²) in [6, 6.07) is 15.1. The topological polar surface area (TPSA) is 88.2 Å². The van der Waals surface area contributed by atoms with Gasteiger partial charge in [0.05, 0.1) is 17.1 Å². The molecule has 6 nitrogen and oxygen atoms in total. The molecule has 0 bridgehead atoms. The Morgan fingerprint density at radius 1 is 1.04 bits per heavy atom. The average Bonchev–Trinajstić information content (AvgIpc) is 3.19. The van der Waals surface area contributed by atoms with Crippen molar-refractivity contribution >= 4 is 27.3 Å². The number of nitrogens with one attached hydrogen (secondary N) is 2. The van der Waals surface area contributed by atoms with Gasteiger partial charge in [-0.05, 0) is 41.8 Å². The predicted octanol–water partition coefficient (Wildman–Crippen LogP) is 2.55. The highest BCUT2D eigenvalue weighted by atomic mass is 32.2. The molecule has 8 heteroatoms. The van der Waals surface area contributed by atoms with E-state index in [0.717, 1.165) is 10.6 Å². The molecule has 2 N–H and O–H groups in total. The van der Waals surface area contributed by atoms with Crippen LogP contribution in [0.1, 0.15) is 20.9 Å². The molecular formula is C18H17N3O3S2. The number of nitrogens with zero attached hydrogens (tertiary/aromatic N) is 1. The normalized spacial score (nSPS) is 11.2. The molecule has 0 saturated carbocycles. The Balaban J connectivity index is 1.67. The fraction of sp³-hybridized carbons (Fsp3) is 0.111. The number of carbonyl (C=O) groups excluding carboxylic acids is 1. The van der Waals surface area contributed by atoms with E-state index in [1.54, 1.807) is 30.5 Å². The number of aromatic nitrogens is 1. The predicted molar refractivity (Wildman–Crippen MR) is 100 cm³/mol. The largest absolute Gasteiger partial charge is 0.346 e. The molecule has 3 aromatic rings. The Labute approximate surface area is 156 Å². The van der Waals surface area contributed by atoms with Crippen molar-refractivity contribution in [1.29, 1.82) is 0 Å². The number of carbonyl (C=O) groups is 1. The van der Waals surface area contributed by atoms with Crippen LogP contribution in [-0.4, -0.2) is 19.3 Å². The van der Waals surface area contributed by atoms with Crippen molar-refractivity contribution in [3.8, 4) is 0 Å². The lowest BCUT2D eigenvalue weighted by Gasteiger charge is -2.08. The van der Waals surface area contributed by atoms with Gasteiger partial charge in [-0.15, -0.1) is 11.3 Å². The minimum atomic E-state index is -3.70. The number of hydrogen-bond donors (Lipinski definition) is 2. The van der Waals surface area contributed by atoms with Gasteiger partial charge in [-0.2, -0.15) is 0 Å². The van der Waals surface area contributed by atoms with Gasteiger partial charge in [0.25, 0.3) is 5.91 Å². The fourth-order valence-corrected chi connectivity index (χ4v) is 4.03. The second-order valence-corrected chi connectivity index (χ2v) is 8.23. The number of thiophene rings is 1. The van der Waals surface area contributed by atoms with Gasteiger partial charge in [-0.25, -0.2) is 13.1 Å². The monoisotopic (exact) mass is 387 g/mol. The zero-order chi connectivity index (χ0) is 18.4. The Hall–Kier alpha value is -2.55. The molecule has 2 aromatic heterocycles. The molecule has 134 valence electrons. The van der Waals surface area contributed by atoms with Gasteiger partial charge in [-0.3, -0.25) is 9.78 Å². The SMILES string of the molecule is O=C(NCc1ccccn1)c1cccc(S(=O)(=O)NCc2cccs2)c1. The van der Waals surface area contributed by atoms with E-state index in [0.29, 0.717) is 0 Å². The summed E-state index contributed by atoms with van der Waals surface area (Å²) in [6.07, 6.45) is 1.65. The van der Waals surface area contributed by atoms with Gasteiger partial charge in [0.2, 0.25) is 10.0 Å². The van der Waals surface area contributed by atoms with E-state index in [-0.39, 0.29) is 29.5 Å². The molecule has 0 aliphatic rings. The molecular weight excluding hydrogens is 370 g/mol. The second kappa shape index (κ2) is 8.22. The Kier molecular flexibility index (Phi) is 5.77. The summed E-state index contributed by atoms with van der Waals surface area (Å²) in [7, 11) is -3.70. The van der Waals surface area contributed by atoms with E-state index < -0.39 is 10.0 Å². The summed E-state index contributed by atoms with van der Waals surface area (Å²) >= 11 is 1.47. The third kappa shape index (κ3) is 4.75. The number of pyridine rings is 1. The number of amides is 1. The lowest BCUT2D eigenvalue weighted by molar-refractivity contribution is 0.0950. The smallest absolute Gasteiger partial charge is 0.251 e. The van der Waals surface area contributed by atoms with Crippen LogP contribution < -0.4 is 10.0 Å². The van der Waals surface area contributed by atoms with Gasteiger partial charge < -0.3 is 5.32 Å². The van der Waals surface area contributed by atoms with Crippen LogP contribution in [0.2, 0.25) is 0 Å². The molecule has 0 saturated heterocycles. The van der Waals surface area contributed by atoms with Gasteiger partial charge in [-0.1, -0.05) is 18.2 Å². The van der Waals surface area contributed by atoms with Crippen LogP contribution in [-0.2, 0) is 23.1 Å². The highest BCUT2D eigenvalue weighted by Crippen LogP contribution is 2.14. The van der Waals surface area contributed by atoms with Crippen molar-refractivity contribution in [3.05, 3.63) is 82.3 Å². The molecule has 0 spiro atoms. The first-order chi connectivity index (χ1) is 12.5. The van der Waals surface area contributed by atoms with E-state index in [1.165, 1.54) is 23.5 Å². The summed E-state index contributed by atoms with van der Waals surface area (Å²) in [4.78, 5) is 17.4. The summed E-state index contributed by atoms with van der Waals surface area (Å²) in [5, 5.41) is 4.62. The molecule has 0 aliphatic carbocycles. The summed E-state index contributed by atoms with van der Waals surface area (Å²) in [5.74, 6) is -0.356. The van der Waals surface area contributed by atoms with E-state index in [9.17, 15) is 13.2 Å². The molecule has 0 unspecified atom stereocenters. The maximum Gasteiger partial charge on any atom is 0.251 e. The van der Waals surface area contributed by atoms with Crippen LogP contribution in [0.5, 0.6) is 0 Å². The standard InChI is InChI=1S/C18H17N3O3S2/c22-18(20-12-15-6-1-2-9-19-15)14-5-3-8-17(11-14)26(23,24)21-13-16-7-4-10-25-16/h1-11,21H,12-13H2,(H,20,22). The lowest BCUT2D eigenvalue weighted by atomic mass is 10.2. The van der Waals surface area contributed by atoms with Gasteiger partial charge >= 0.3 is 0 Å². The van der Waals surface area contributed by atoms with Crippen molar-refractivity contribution in [2.45, 2.75) is 18.0 Å². The molecule has 1 aromatic carbocycles. The molecule has 26 heavy (non-hydrogen) atoms. The van der Waals surface area contributed by atoms with Gasteiger partial charge in [0.1, 0.15) is 0 Å². The van der Waals surface area contributed by atoms with Gasteiger partial charge in [0.15, 0.2) is 0 Å². The van der Waals surface area contributed by atoms with Crippen LogP contribution in [0.3, 0.4) is 0 Å². The highest BCUT2D eigenvalue weighted by molar-refractivity contribution is 7.89. The summed E-state index contributed by atoms with van der Waals surface area (Å²) < 4.78 is 27.4. The van der Waals surface area contributed by atoms with Crippen LogP contribution in [0.25, 0.3) is 0 Å². The first-order valence-electron chi connectivity index (χ1n) is 7.85. The number of sulfonamides is 1. The first kappa shape index (κ1) is 18.2. The number of hydrogen-bond acceptors (Lipinski definition) is 5. The van der Waals surface area contributed by atoms with E-state index in [2.05, 4.69) is 15.0 Å². The van der Waals surface area contributed by atoms with Crippen molar-refractivity contribution in [2.75, 3.05) is 0 Å². The van der Waals surface area contributed by atoms with E-state index >= 15 is 0 Å². The average molecular weight is 387 g/mol. The Morgan fingerprint density at radius 2 is 1.92 bits per heavy atom. The quantitative estimate of drug-likeness (QED) is 0.652. The Bertz CT molecular complexity index is 972. The fourth-order valence-electron chi connectivity index (χ4n) is 2.24. The maximum atomic E-state index is 12.4. The van der Waals surface area contributed by atoms with Crippen LogP contribution in [0.4, 0.5) is 0 Å².